The van der Waals surface area contributed by atoms with Crippen molar-refractivity contribution in [2.45, 2.75) is 0 Å². The third-order valence-electron chi connectivity index (χ3n) is 3.78. The van der Waals surface area contributed by atoms with Gasteiger partial charge in [0.1, 0.15) is 11.6 Å². The van der Waals surface area contributed by atoms with Crippen molar-refractivity contribution < 1.29 is 0 Å². The standard InChI is InChI=1S/C19H15N5/c20-16-7-6-15(12-22-16)18-17(13-8-10-21-11-9-13)23-19(24-18)14-4-2-1-3-5-14/h1-12H,(H2,20,22)(H,23,24). The fourth-order valence-electron chi connectivity index (χ4n) is 2.59. The number of nitrogens with one attached hydrogen (secondary N) is 1. The molecule has 0 spiro atoms. The number of H-pyrrole nitrogens is 1. The average molecular weight is 313 g/mol. The van der Waals surface area contributed by atoms with Gasteiger partial charge in [0.25, 0.3) is 0 Å². The van der Waals surface area contributed by atoms with Gasteiger partial charge in [-0.3, -0.25) is 4.98 Å². The van der Waals surface area contributed by atoms with Crippen LogP contribution in [0.15, 0.2) is 73.2 Å². The maximum atomic E-state index is 5.70. The summed E-state index contributed by atoms with van der Waals surface area (Å²) in [4.78, 5) is 16.5. The Morgan fingerprint density at radius 1 is 0.792 bits per heavy atom. The second-order valence-corrected chi connectivity index (χ2v) is 5.38. The molecule has 0 saturated carbocycles. The molecule has 0 amide bonds. The van der Waals surface area contributed by atoms with E-state index < -0.39 is 0 Å². The second kappa shape index (κ2) is 5.96. The molecule has 0 bridgehead atoms. The predicted molar refractivity (Wildman–Crippen MR) is 94.9 cm³/mol. The van der Waals surface area contributed by atoms with E-state index >= 15 is 0 Å². The Bertz CT molecular complexity index is 944. The normalized spacial score (nSPS) is 10.7. The molecule has 3 heterocycles. The fourth-order valence-corrected chi connectivity index (χ4v) is 2.59. The highest BCUT2D eigenvalue weighted by molar-refractivity contribution is 5.81. The minimum absolute atomic E-state index is 0.493. The van der Waals surface area contributed by atoms with Crippen molar-refractivity contribution in [1.29, 1.82) is 0 Å². The minimum atomic E-state index is 0.493. The summed E-state index contributed by atoms with van der Waals surface area (Å²) in [5.74, 6) is 1.31. The molecule has 0 fully saturated rings. The number of aromatic amines is 1. The molecule has 4 aromatic rings. The number of hydrogen-bond donors (Lipinski definition) is 2. The lowest BCUT2D eigenvalue weighted by Gasteiger charge is -2.02. The second-order valence-electron chi connectivity index (χ2n) is 5.38. The number of nitrogen functional groups attached to an aromatic ring is 1. The number of pyridine rings is 2. The highest BCUT2D eigenvalue weighted by Crippen LogP contribution is 2.32. The number of nitrogens with two attached hydrogens (primary N) is 1. The lowest BCUT2D eigenvalue weighted by Crippen LogP contribution is -1.90. The van der Waals surface area contributed by atoms with Gasteiger partial charge in [-0.15, -0.1) is 0 Å². The Morgan fingerprint density at radius 3 is 2.29 bits per heavy atom. The molecule has 5 nitrogen and oxygen atoms in total. The Balaban J connectivity index is 1.90. The number of anilines is 1. The van der Waals surface area contributed by atoms with E-state index in [9.17, 15) is 0 Å². The minimum Gasteiger partial charge on any atom is -0.384 e. The van der Waals surface area contributed by atoms with Crippen molar-refractivity contribution in [3.05, 3.63) is 73.2 Å². The number of nitrogens with zero attached hydrogens (tertiary/aromatic N) is 3. The van der Waals surface area contributed by atoms with Crippen LogP contribution in [-0.4, -0.2) is 19.9 Å². The summed E-state index contributed by atoms with van der Waals surface area (Å²) in [6, 6.07) is 17.6. The highest BCUT2D eigenvalue weighted by atomic mass is 14.9. The van der Waals surface area contributed by atoms with Gasteiger partial charge in [-0.25, -0.2) is 9.97 Å². The summed E-state index contributed by atoms with van der Waals surface area (Å²) >= 11 is 0. The van der Waals surface area contributed by atoms with Crippen molar-refractivity contribution in [2.75, 3.05) is 5.73 Å². The Kier molecular flexibility index (Phi) is 3.51. The summed E-state index contributed by atoms with van der Waals surface area (Å²) in [6.45, 7) is 0. The van der Waals surface area contributed by atoms with Crippen LogP contribution in [0.2, 0.25) is 0 Å². The maximum Gasteiger partial charge on any atom is 0.138 e. The molecule has 5 heteroatoms. The summed E-state index contributed by atoms with van der Waals surface area (Å²) in [5, 5.41) is 0. The van der Waals surface area contributed by atoms with Gasteiger partial charge in [0.2, 0.25) is 0 Å². The van der Waals surface area contributed by atoms with Gasteiger partial charge in [0.15, 0.2) is 0 Å². The number of hydrogen-bond acceptors (Lipinski definition) is 4. The monoisotopic (exact) mass is 313 g/mol. The molecule has 1 aromatic carbocycles. The predicted octanol–water partition coefficient (Wildman–Crippen LogP) is 3.78. The smallest absolute Gasteiger partial charge is 0.138 e. The molecule has 0 aliphatic rings. The first-order chi connectivity index (χ1) is 11.8. The van der Waals surface area contributed by atoms with Crippen molar-refractivity contribution in [3.63, 3.8) is 0 Å². The first-order valence-electron chi connectivity index (χ1n) is 7.59. The molecule has 4 rings (SSSR count). The van der Waals surface area contributed by atoms with Gasteiger partial charge in [-0.05, 0) is 24.3 Å². The average Bonchev–Trinajstić information content (AvgIpc) is 3.09. The zero-order valence-corrected chi connectivity index (χ0v) is 12.8. The van der Waals surface area contributed by atoms with Crippen LogP contribution >= 0.6 is 0 Å². The summed E-state index contributed by atoms with van der Waals surface area (Å²) in [7, 11) is 0. The van der Waals surface area contributed by atoms with Gasteiger partial charge < -0.3 is 10.7 Å². The first kappa shape index (κ1) is 14.1. The molecule has 0 saturated heterocycles. The van der Waals surface area contributed by atoms with Crippen molar-refractivity contribution >= 4 is 5.82 Å². The lowest BCUT2D eigenvalue weighted by molar-refractivity contribution is 1.29. The van der Waals surface area contributed by atoms with E-state index in [2.05, 4.69) is 15.0 Å². The van der Waals surface area contributed by atoms with E-state index in [0.717, 1.165) is 33.9 Å². The molecule has 0 unspecified atom stereocenters. The number of rotatable bonds is 3. The van der Waals surface area contributed by atoms with Crippen LogP contribution < -0.4 is 5.73 Å². The largest absolute Gasteiger partial charge is 0.384 e. The molecule has 0 atom stereocenters. The molecule has 0 radical (unpaired) electrons. The van der Waals surface area contributed by atoms with Gasteiger partial charge >= 0.3 is 0 Å². The SMILES string of the molecule is Nc1ccc(-c2[nH]c(-c3ccccc3)nc2-c2ccncc2)cn1. The molecule has 3 aromatic heterocycles. The molecular weight excluding hydrogens is 298 g/mol. The summed E-state index contributed by atoms with van der Waals surface area (Å²) in [5.41, 5.74) is 10.4. The van der Waals surface area contributed by atoms with Crippen LogP contribution in [0.3, 0.4) is 0 Å². The number of aromatic nitrogens is 4. The van der Waals surface area contributed by atoms with Gasteiger partial charge in [-0.2, -0.15) is 0 Å². The molecule has 3 N–H and O–H groups in total. The van der Waals surface area contributed by atoms with Gasteiger partial charge in [-0.1, -0.05) is 30.3 Å². The van der Waals surface area contributed by atoms with E-state index in [1.165, 1.54) is 0 Å². The quantitative estimate of drug-likeness (QED) is 0.603. The van der Waals surface area contributed by atoms with E-state index in [-0.39, 0.29) is 0 Å². The molecule has 116 valence electrons. The number of imidazole rings is 1. The zero-order chi connectivity index (χ0) is 16.4. The molecule has 0 aliphatic carbocycles. The van der Waals surface area contributed by atoms with Crippen LogP contribution in [0.4, 0.5) is 5.82 Å². The van der Waals surface area contributed by atoms with Crippen LogP contribution in [0.25, 0.3) is 33.9 Å². The van der Waals surface area contributed by atoms with Gasteiger partial charge in [0.05, 0.1) is 11.4 Å². The first-order valence-corrected chi connectivity index (χ1v) is 7.59. The lowest BCUT2D eigenvalue weighted by atomic mass is 10.1. The van der Waals surface area contributed by atoms with Crippen molar-refractivity contribution in [3.8, 4) is 33.9 Å². The maximum absolute atomic E-state index is 5.70. The van der Waals surface area contributed by atoms with Crippen LogP contribution in [0, 0.1) is 0 Å². The highest BCUT2D eigenvalue weighted by Gasteiger charge is 2.15. The Labute approximate surface area is 139 Å². The van der Waals surface area contributed by atoms with Gasteiger partial charge in [0, 0.05) is 35.3 Å². The van der Waals surface area contributed by atoms with E-state index in [0.29, 0.717) is 5.82 Å². The van der Waals surface area contributed by atoms with Crippen molar-refractivity contribution in [2.24, 2.45) is 0 Å². The van der Waals surface area contributed by atoms with Crippen molar-refractivity contribution in [1.82, 2.24) is 19.9 Å². The summed E-state index contributed by atoms with van der Waals surface area (Å²) < 4.78 is 0. The van der Waals surface area contributed by atoms with Crippen LogP contribution in [0.5, 0.6) is 0 Å². The zero-order valence-electron chi connectivity index (χ0n) is 12.8. The van der Waals surface area contributed by atoms with E-state index in [4.69, 9.17) is 10.7 Å². The molecule has 0 aliphatic heterocycles. The van der Waals surface area contributed by atoms with Crippen LogP contribution in [0.1, 0.15) is 0 Å². The van der Waals surface area contributed by atoms with E-state index in [1.54, 1.807) is 24.7 Å². The van der Waals surface area contributed by atoms with E-state index in [1.807, 2.05) is 48.5 Å². The Hall–Kier alpha value is -3.47. The third kappa shape index (κ3) is 2.63. The Morgan fingerprint density at radius 2 is 1.58 bits per heavy atom. The number of benzene rings is 1. The van der Waals surface area contributed by atoms with Crippen LogP contribution in [-0.2, 0) is 0 Å². The molecule has 24 heavy (non-hydrogen) atoms. The topological polar surface area (TPSA) is 80.5 Å². The fraction of sp³-hybridized carbons (Fsp3) is 0. The summed E-state index contributed by atoms with van der Waals surface area (Å²) in [6.07, 6.45) is 5.27. The molecular formula is C19H15N5. The third-order valence-corrected chi connectivity index (χ3v) is 3.78.